The zero-order valence-corrected chi connectivity index (χ0v) is 17.3. The number of carbonyl (C=O) groups is 1. The molecule has 0 saturated heterocycles. The average Bonchev–Trinajstić information content (AvgIpc) is 2.77. The quantitative estimate of drug-likeness (QED) is 0.472. The van der Waals surface area contributed by atoms with Crippen LogP contribution >= 0.6 is 11.6 Å². The molecule has 0 aliphatic rings. The molecule has 0 spiro atoms. The molecule has 31 heavy (non-hydrogen) atoms. The molecule has 6 heteroatoms. The van der Waals surface area contributed by atoms with Gasteiger partial charge in [-0.25, -0.2) is 0 Å². The van der Waals surface area contributed by atoms with E-state index in [0.717, 1.165) is 15.3 Å². The summed E-state index contributed by atoms with van der Waals surface area (Å²) in [5.41, 5.74) is 0.180. The Morgan fingerprint density at radius 1 is 1.06 bits per heavy atom. The van der Waals surface area contributed by atoms with Gasteiger partial charge in [-0.3, -0.25) is 14.2 Å². The third-order valence-corrected chi connectivity index (χ3v) is 5.72. The van der Waals surface area contributed by atoms with Gasteiger partial charge in [0.05, 0.1) is 12.1 Å². The second-order valence-corrected chi connectivity index (χ2v) is 7.56. The van der Waals surface area contributed by atoms with Crippen LogP contribution in [0.25, 0.3) is 10.8 Å². The maximum atomic E-state index is 13.5. The van der Waals surface area contributed by atoms with Gasteiger partial charge in [-0.15, -0.1) is 0 Å². The molecule has 0 amide bonds. The van der Waals surface area contributed by atoms with E-state index in [2.05, 4.69) is 0 Å². The molecule has 5 nitrogen and oxygen atoms in total. The van der Waals surface area contributed by atoms with E-state index in [-0.39, 0.29) is 23.2 Å². The fourth-order valence-corrected chi connectivity index (χ4v) is 3.92. The first-order valence-electron chi connectivity index (χ1n) is 9.56. The lowest BCUT2D eigenvalue weighted by molar-refractivity contribution is 0.103. The minimum atomic E-state index is -0.674. The number of halogens is 1. The molecule has 0 unspecified atom stereocenters. The van der Waals surface area contributed by atoms with Gasteiger partial charge in [0.1, 0.15) is 11.6 Å². The fraction of sp³-hybridized carbons (Fsp3) is 0.0800. The van der Waals surface area contributed by atoms with Gasteiger partial charge < -0.3 is 5.11 Å². The van der Waals surface area contributed by atoms with Gasteiger partial charge in [-0.2, -0.15) is 5.26 Å². The molecule has 0 fully saturated rings. The monoisotopic (exact) mass is 428 g/mol. The molecule has 3 aromatic carbocycles. The largest absolute Gasteiger partial charge is 0.494 e. The van der Waals surface area contributed by atoms with Crippen LogP contribution in [0.5, 0.6) is 5.88 Å². The molecular weight excluding hydrogens is 412 g/mol. The number of benzene rings is 3. The highest BCUT2D eigenvalue weighted by Crippen LogP contribution is 2.29. The summed E-state index contributed by atoms with van der Waals surface area (Å²) in [6.07, 6.45) is 0. The van der Waals surface area contributed by atoms with Gasteiger partial charge >= 0.3 is 0 Å². The number of carbonyl (C=O) groups excluding carboxylic acids is 1. The number of nitriles is 1. The van der Waals surface area contributed by atoms with Crippen LogP contribution in [0.4, 0.5) is 0 Å². The van der Waals surface area contributed by atoms with Crippen LogP contribution in [0.1, 0.15) is 32.6 Å². The van der Waals surface area contributed by atoms with E-state index in [9.17, 15) is 20.0 Å². The fourth-order valence-electron chi connectivity index (χ4n) is 3.72. The van der Waals surface area contributed by atoms with Crippen LogP contribution in [0.15, 0.2) is 71.5 Å². The van der Waals surface area contributed by atoms with E-state index in [1.165, 1.54) is 6.92 Å². The first-order valence-corrected chi connectivity index (χ1v) is 9.94. The maximum Gasteiger partial charge on any atom is 0.271 e. The van der Waals surface area contributed by atoms with Crippen LogP contribution in [-0.2, 0) is 6.54 Å². The molecule has 152 valence electrons. The Morgan fingerprint density at radius 2 is 1.74 bits per heavy atom. The van der Waals surface area contributed by atoms with Crippen molar-refractivity contribution in [2.24, 2.45) is 0 Å². The maximum absolute atomic E-state index is 13.5. The Hall–Kier alpha value is -3.88. The Labute approximate surface area is 183 Å². The number of aromatic hydroxyl groups is 1. The Kier molecular flexibility index (Phi) is 5.33. The summed E-state index contributed by atoms with van der Waals surface area (Å²) in [4.78, 5) is 26.4. The van der Waals surface area contributed by atoms with Gasteiger partial charge in [0.2, 0.25) is 5.88 Å². The van der Waals surface area contributed by atoms with E-state index in [4.69, 9.17) is 11.6 Å². The number of pyridine rings is 1. The van der Waals surface area contributed by atoms with Gasteiger partial charge in [-0.1, -0.05) is 72.3 Å². The summed E-state index contributed by atoms with van der Waals surface area (Å²) in [6, 6.07) is 21.5. The predicted octanol–water partition coefficient (Wildman–Crippen LogP) is 4.82. The Morgan fingerprint density at radius 3 is 2.48 bits per heavy atom. The Balaban J connectivity index is 1.96. The van der Waals surface area contributed by atoms with Gasteiger partial charge in [0, 0.05) is 10.6 Å². The van der Waals surface area contributed by atoms with Crippen molar-refractivity contribution in [3.05, 3.63) is 110 Å². The molecule has 1 heterocycles. The van der Waals surface area contributed by atoms with Crippen LogP contribution in [0.2, 0.25) is 5.02 Å². The minimum Gasteiger partial charge on any atom is -0.494 e. The molecule has 1 N–H and O–H groups in total. The van der Waals surface area contributed by atoms with Crippen LogP contribution in [0, 0.1) is 18.3 Å². The molecular formula is C25H17ClN2O3. The lowest BCUT2D eigenvalue weighted by Crippen LogP contribution is -2.27. The highest BCUT2D eigenvalue weighted by atomic mass is 35.5. The molecule has 0 saturated carbocycles. The smallest absolute Gasteiger partial charge is 0.271 e. The molecule has 0 bridgehead atoms. The van der Waals surface area contributed by atoms with Crippen LogP contribution in [0.3, 0.4) is 0 Å². The molecule has 4 rings (SSSR count). The molecule has 0 atom stereocenters. The van der Waals surface area contributed by atoms with Crippen molar-refractivity contribution in [3.8, 4) is 11.9 Å². The highest BCUT2D eigenvalue weighted by molar-refractivity contribution is 6.31. The average molecular weight is 429 g/mol. The number of aromatic nitrogens is 1. The zero-order valence-electron chi connectivity index (χ0n) is 16.6. The lowest BCUT2D eigenvalue weighted by Gasteiger charge is -2.16. The number of ketones is 1. The van der Waals surface area contributed by atoms with Gasteiger partial charge in [0.15, 0.2) is 5.78 Å². The van der Waals surface area contributed by atoms with Crippen molar-refractivity contribution in [1.29, 1.82) is 5.26 Å². The first kappa shape index (κ1) is 20.4. The second kappa shape index (κ2) is 8.10. The summed E-state index contributed by atoms with van der Waals surface area (Å²) >= 11 is 6.22. The second-order valence-electron chi connectivity index (χ2n) is 7.15. The standard InChI is InChI=1S/C25H17ClN2O3/c1-15-20(13-27)24(30)28(14-17-8-3-5-12-21(17)26)25(31)22(15)23(29)19-11-6-9-16-7-2-4-10-18(16)19/h2-12,31H,14H2,1H3. The van der Waals surface area contributed by atoms with Crippen LogP contribution in [-0.4, -0.2) is 15.5 Å². The summed E-state index contributed by atoms with van der Waals surface area (Å²) in [5, 5.41) is 22.6. The van der Waals surface area contributed by atoms with E-state index < -0.39 is 17.2 Å². The van der Waals surface area contributed by atoms with Crippen molar-refractivity contribution in [2.45, 2.75) is 13.5 Å². The SMILES string of the molecule is Cc1c(C(=O)c2cccc3ccccc23)c(O)n(Cc2ccccc2Cl)c(=O)c1C#N. The Bertz CT molecular complexity index is 1440. The van der Waals surface area contributed by atoms with Gasteiger partial charge in [-0.05, 0) is 34.9 Å². The summed E-state index contributed by atoms with van der Waals surface area (Å²) in [7, 11) is 0. The summed E-state index contributed by atoms with van der Waals surface area (Å²) in [5.74, 6) is -0.949. The third-order valence-electron chi connectivity index (χ3n) is 5.35. The van der Waals surface area contributed by atoms with Crippen molar-refractivity contribution in [2.75, 3.05) is 0 Å². The normalized spacial score (nSPS) is 10.7. The number of rotatable bonds is 4. The number of hydrogen-bond donors (Lipinski definition) is 1. The molecule has 0 aliphatic carbocycles. The van der Waals surface area contributed by atoms with Crippen molar-refractivity contribution < 1.29 is 9.90 Å². The molecule has 0 radical (unpaired) electrons. The van der Waals surface area contributed by atoms with Crippen LogP contribution < -0.4 is 5.56 Å². The third kappa shape index (κ3) is 3.48. The lowest BCUT2D eigenvalue weighted by atomic mass is 9.93. The number of nitrogens with zero attached hydrogens (tertiary/aromatic N) is 2. The number of hydrogen-bond acceptors (Lipinski definition) is 4. The topological polar surface area (TPSA) is 83.1 Å². The van der Waals surface area contributed by atoms with E-state index >= 15 is 0 Å². The molecule has 0 aliphatic heterocycles. The van der Waals surface area contributed by atoms with Crippen molar-refractivity contribution >= 4 is 28.2 Å². The highest BCUT2D eigenvalue weighted by Gasteiger charge is 2.26. The van der Waals surface area contributed by atoms with Gasteiger partial charge in [0.25, 0.3) is 5.56 Å². The molecule has 1 aromatic heterocycles. The van der Waals surface area contributed by atoms with Crippen molar-refractivity contribution in [1.82, 2.24) is 4.57 Å². The molecule has 4 aromatic rings. The zero-order chi connectivity index (χ0) is 22.1. The minimum absolute atomic E-state index is 0.0699. The number of fused-ring (bicyclic) bond motifs is 1. The van der Waals surface area contributed by atoms with E-state index in [1.807, 2.05) is 36.4 Å². The van der Waals surface area contributed by atoms with Crippen molar-refractivity contribution in [3.63, 3.8) is 0 Å². The van der Waals surface area contributed by atoms with E-state index in [1.54, 1.807) is 36.4 Å². The predicted molar refractivity (Wildman–Crippen MR) is 120 cm³/mol. The van der Waals surface area contributed by atoms with E-state index in [0.29, 0.717) is 16.1 Å². The summed E-state index contributed by atoms with van der Waals surface area (Å²) < 4.78 is 1.02. The summed E-state index contributed by atoms with van der Waals surface area (Å²) in [6.45, 7) is 1.42. The first-order chi connectivity index (χ1) is 14.9.